The number of sulfonamides is 1. The minimum absolute atomic E-state index is 0.161. The molecule has 0 saturated carbocycles. The molecule has 0 unspecified atom stereocenters. The highest BCUT2D eigenvalue weighted by molar-refractivity contribution is 7.89. The van der Waals surface area contributed by atoms with Crippen LogP contribution in [0.4, 0.5) is 0 Å². The highest BCUT2D eigenvalue weighted by atomic mass is 32.2. The van der Waals surface area contributed by atoms with Crippen molar-refractivity contribution in [2.45, 2.75) is 37.0 Å². The van der Waals surface area contributed by atoms with Gasteiger partial charge >= 0.3 is 0 Å². The van der Waals surface area contributed by atoms with Crippen molar-refractivity contribution < 1.29 is 17.9 Å². The Morgan fingerprint density at radius 2 is 1.61 bits per heavy atom. The maximum Gasteiger partial charge on any atom is 0.251 e. The number of carbonyl (C=O) groups excluding carboxylic acids is 1. The van der Waals surface area contributed by atoms with Crippen LogP contribution in [0.5, 0.6) is 0 Å². The molecule has 3 rings (SSSR count). The number of nitrogens with zero attached hydrogens (tertiary/aromatic N) is 2. The summed E-state index contributed by atoms with van der Waals surface area (Å²) in [6.45, 7) is 5.51. The Morgan fingerprint density at radius 1 is 0.964 bits per heavy atom. The number of ether oxygens (including phenoxy) is 1. The topological polar surface area (TPSA) is 79.0 Å². The standard InChI is InChI=1S/C20H31N3O4S/c24-20(21-10-5-13-22-11-3-1-2-4-12-22)18-6-8-19(9-7-18)28(25,26)23-14-16-27-17-15-23/h6-9H,1-5,10-17H2,(H,21,24). The maximum absolute atomic E-state index is 12.6. The first-order valence-corrected chi connectivity index (χ1v) is 11.7. The fraction of sp³-hybridized carbons (Fsp3) is 0.650. The average molecular weight is 410 g/mol. The summed E-state index contributed by atoms with van der Waals surface area (Å²) in [7, 11) is -3.52. The van der Waals surface area contributed by atoms with Gasteiger partial charge in [-0.05, 0) is 63.2 Å². The first-order chi connectivity index (χ1) is 13.6. The molecule has 0 aliphatic carbocycles. The van der Waals surface area contributed by atoms with Gasteiger partial charge in [0.15, 0.2) is 0 Å². The third-order valence-electron chi connectivity index (χ3n) is 5.36. The molecule has 156 valence electrons. The van der Waals surface area contributed by atoms with Crippen molar-refractivity contribution >= 4 is 15.9 Å². The number of carbonyl (C=O) groups is 1. The summed E-state index contributed by atoms with van der Waals surface area (Å²) in [6.07, 6.45) is 6.11. The van der Waals surface area contributed by atoms with Gasteiger partial charge in [-0.25, -0.2) is 8.42 Å². The van der Waals surface area contributed by atoms with Crippen LogP contribution in [0.25, 0.3) is 0 Å². The Bertz CT molecular complexity index is 722. The van der Waals surface area contributed by atoms with Crippen molar-refractivity contribution in [2.75, 3.05) is 52.5 Å². The summed E-state index contributed by atoms with van der Waals surface area (Å²) in [6, 6.07) is 6.18. The molecule has 0 aromatic heterocycles. The molecule has 0 radical (unpaired) electrons. The largest absolute Gasteiger partial charge is 0.379 e. The van der Waals surface area contributed by atoms with Gasteiger partial charge in [0.05, 0.1) is 18.1 Å². The van der Waals surface area contributed by atoms with Crippen molar-refractivity contribution in [3.8, 4) is 0 Å². The maximum atomic E-state index is 12.6. The third kappa shape index (κ3) is 5.76. The lowest BCUT2D eigenvalue weighted by Crippen LogP contribution is -2.40. The van der Waals surface area contributed by atoms with Gasteiger partial charge in [-0.15, -0.1) is 0 Å². The van der Waals surface area contributed by atoms with Gasteiger partial charge in [0.25, 0.3) is 5.91 Å². The van der Waals surface area contributed by atoms with E-state index in [0.29, 0.717) is 38.4 Å². The van der Waals surface area contributed by atoms with Gasteiger partial charge in [0, 0.05) is 25.2 Å². The Balaban J connectivity index is 1.46. The predicted molar refractivity (Wildman–Crippen MR) is 108 cm³/mol. The molecule has 0 bridgehead atoms. The van der Waals surface area contributed by atoms with Crippen LogP contribution in [0.1, 0.15) is 42.5 Å². The van der Waals surface area contributed by atoms with E-state index in [1.54, 1.807) is 12.1 Å². The van der Waals surface area contributed by atoms with Crippen LogP contribution in [-0.2, 0) is 14.8 Å². The normalized spacial score (nSPS) is 19.9. The average Bonchev–Trinajstić information content (AvgIpc) is 3.00. The Labute approximate surface area is 168 Å². The Morgan fingerprint density at radius 3 is 2.25 bits per heavy atom. The molecule has 1 aromatic carbocycles. The molecule has 7 nitrogen and oxygen atoms in total. The predicted octanol–water partition coefficient (Wildman–Crippen LogP) is 1.70. The van der Waals surface area contributed by atoms with Crippen LogP contribution >= 0.6 is 0 Å². The second kappa shape index (κ2) is 10.3. The fourth-order valence-corrected chi connectivity index (χ4v) is 5.09. The first-order valence-electron chi connectivity index (χ1n) is 10.3. The molecule has 2 aliphatic rings. The van der Waals surface area contributed by atoms with E-state index in [2.05, 4.69) is 10.2 Å². The molecule has 2 heterocycles. The number of likely N-dealkylation sites (tertiary alicyclic amines) is 1. The Hall–Kier alpha value is -1.48. The number of morpholine rings is 1. The fourth-order valence-electron chi connectivity index (χ4n) is 3.68. The lowest BCUT2D eigenvalue weighted by Gasteiger charge is -2.26. The molecule has 28 heavy (non-hydrogen) atoms. The SMILES string of the molecule is O=C(NCCCN1CCCCCC1)c1ccc(S(=O)(=O)N2CCOCC2)cc1. The van der Waals surface area contributed by atoms with E-state index in [9.17, 15) is 13.2 Å². The van der Waals surface area contributed by atoms with Crippen LogP contribution in [0.2, 0.25) is 0 Å². The van der Waals surface area contributed by atoms with E-state index in [4.69, 9.17) is 4.74 Å². The summed E-state index contributed by atoms with van der Waals surface area (Å²) in [5, 5.41) is 2.93. The van der Waals surface area contributed by atoms with Crippen molar-refractivity contribution in [1.82, 2.24) is 14.5 Å². The number of nitrogens with one attached hydrogen (secondary N) is 1. The molecular weight excluding hydrogens is 378 g/mol. The summed E-state index contributed by atoms with van der Waals surface area (Å²) in [4.78, 5) is 15.0. The number of hydrogen-bond acceptors (Lipinski definition) is 5. The summed E-state index contributed by atoms with van der Waals surface area (Å²) >= 11 is 0. The number of hydrogen-bond donors (Lipinski definition) is 1. The lowest BCUT2D eigenvalue weighted by molar-refractivity contribution is 0.0730. The van der Waals surface area contributed by atoms with Crippen LogP contribution in [-0.4, -0.2) is 76.0 Å². The lowest BCUT2D eigenvalue weighted by atomic mass is 10.2. The van der Waals surface area contributed by atoms with E-state index in [1.807, 2.05) is 0 Å². The van der Waals surface area contributed by atoms with Gasteiger partial charge in [-0.1, -0.05) is 12.8 Å². The second-order valence-electron chi connectivity index (χ2n) is 7.41. The monoisotopic (exact) mass is 409 g/mol. The molecule has 1 amide bonds. The highest BCUT2D eigenvalue weighted by Crippen LogP contribution is 2.17. The smallest absolute Gasteiger partial charge is 0.251 e. The van der Waals surface area contributed by atoms with Crippen LogP contribution < -0.4 is 5.32 Å². The molecule has 1 N–H and O–H groups in total. The van der Waals surface area contributed by atoms with E-state index >= 15 is 0 Å². The molecule has 0 atom stereocenters. The minimum Gasteiger partial charge on any atom is -0.379 e. The van der Waals surface area contributed by atoms with Gasteiger partial charge < -0.3 is 15.0 Å². The van der Waals surface area contributed by atoms with E-state index in [-0.39, 0.29) is 10.8 Å². The molecule has 2 fully saturated rings. The van der Waals surface area contributed by atoms with E-state index in [1.165, 1.54) is 42.1 Å². The summed E-state index contributed by atoms with van der Waals surface area (Å²) in [5.41, 5.74) is 0.482. The molecule has 1 aromatic rings. The summed E-state index contributed by atoms with van der Waals surface area (Å²) < 4.78 is 31.9. The molecular formula is C20H31N3O4S. The van der Waals surface area contributed by atoms with E-state index in [0.717, 1.165) is 26.1 Å². The molecule has 2 aliphatic heterocycles. The van der Waals surface area contributed by atoms with Crippen LogP contribution in [0.15, 0.2) is 29.2 Å². The zero-order chi connectivity index (χ0) is 19.8. The number of benzene rings is 1. The summed E-state index contributed by atoms with van der Waals surface area (Å²) in [5.74, 6) is -0.161. The quantitative estimate of drug-likeness (QED) is 0.694. The van der Waals surface area contributed by atoms with Crippen LogP contribution in [0.3, 0.4) is 0 Å². The van der Waals surface area contributed by atoms with Crippen LogP contribution in [0, 0.1) is 0 Å². The highest BCUT2D eigenvalue weighted by Gasteiger charge is 2.26. The first kappa shape index (κ1) is 21.2. The van der Waals surface area contributed by atoms with Crippen molar-refractivity contribution in [1.29, 1.82) is 0 Å². The van der Waals surface area contributed by atoms with Crippen molar-refractivity contribution in [3.63, 3.8) is 0 Å². The van der Waals surface area contributed by atoms with Crippen molar-refractivity contribution in [3.05, 3.63) is 29.8 Å². The third-order valence-corrected chi connectivity index (χ3v) is 7.27. The zero-order valence-corrected chi connectivity index (χ0v) is 17.3. The van der Waals surface area contributed by atoms with Gasteiger partial charge in [-0.2, -0.15) is 4.31 Å². The minimum atomic E-state index is -3.52. The second-order valence-corrected chi connectivity index (χ2v) is 9.34. The molecule has 0 spiro atoms. The number of rotatable bonds is 7. The molecule has 8 heteroatoms. The van der Waals surface area contributed by atoms with Gasteiger partial charge in [0.1, 0.15) is 0 Å². The molecule has 2 saturated heterocycles. The number of amides is 1. The van der Waals surface area contributed by atoms with E-state index < -0.39 is 10.0 Å². The van der Waals surface area contributed by atoms with Gasteiger partial charge in [-0.3, -0.25) is 4.79 Å². The Kier molecular flexibility index (Phi) is 7.84. The van der Waals surface area contributed by atoms with Gasteiger partial charge in [0.2, 0.25) is 10.0 Å². The van der Waals surface area contributed by atoms with Crippen molar-refractivity contribution in [2.24, 2.45) is 0 Å². The zero-order valence-electron chi connectivity index (χ0n) is 16.4.